The van der Waals surface area contributed by atoms with Gasteiger partial charge in [-0.3, -0.25) is 4.79 Å². The highest BCUT2D eigenvalue weighted by molar-refractivity contribution is 6.30. The monoisotopic (exact) mass is 422 g/mol. The first-order chi connectivity index (χ1) is 14.5. The number of amides is 1. The summed E-state index contributed by atoms with van der Waals surface area (Å²) in [5, 5.41) is 0.742. The van der Waals surface area contributed by atoms with Gasteiger partial charge in [0.25, 0.3) is 0 Å². The van der Waals surface area contributed by atoms with E-state index in [-0.39, 0.29) is 11.8 Å². The zero-order valence-corrected chi connectivity index (χ0v) is 18.8. The first-order valence-electron chi connectivity index (χ1n) is 10.7. The lowest BCUT2D eigenvalue weighted by Crippen LogP contribution is -2.37. The molecule has 0 aliphatic carbocycles. The van der Waals surface area contributed by atoms with Crippen molar-refractivity contribution in [1.82, 2.24) is 9.47 Å². The first-order valence-corrected chi connectivity index (χ1v) is 11.1. The number of rotatable bonds is 9. The van der Waals surface area contributed by atoms with Crippen molar-refractivity contribution >= 4 is 17.5 Å². The quantitative estimate of drug-likeness (QED) is 0.393. The molecule has 1 amide bonds. The molecule has 3 rings (SSSR count). The van der Waals surface area contributed by atoms with Crippen LogP contribution in [-0.4, -0.2) is 21.9 Å². The molecule has 1 heterocycles. The number of halogens is 1. The lowest BCUT2D eigenvalue weighted by molar-refractivity contribution is -0.134. The van der Waals surface area contributed by atoms with E-state index >= 15 is 0 Å². The van der Waals surface area contributed by atoms with E-state index in [2.05, 4.69) is 55.8 Å². The van der Waals surface area contributed by atoms with Crippen LogP contribution in [0.1, 0.15) is 49.9 Å². The van der Waals surface area contributed by atoms with E-state index < -0.39 is 0 Å². The maximum Gasteiger partial charge on any atom is 0.230 e. The third-order valence-electron chi connectivity index (χ3n) is 5.32. The van der Waals surface area contributed by atoms with Gasteiger partial charge in [-0.25, -0.2) is 0 Å². The molecule has 0 fully saturated rings. The molecule has 30 heavy (non-hydrogen) atoms. The molecule has 0 aliphatic rings. The SMILES string of the molecule is CCC(C(=O)N(Cc1cccn1Cc1cccc(Cl)c1)CC(C)C)c1ccccc1. The Morgan fingerprint density at radius 3 is 2.47 bits per heavy atom. The predicted molar refractivity (Wildman–Crippen MR) is 125 cm³/mol. The molecule has 3 nitrogen and oxygen atoms in total. The summed E-state index contributed by atoms with van der Waals surface area (Å²) in [6.45, 7) is 8.50. The van der Waals surface area contributed by atoms with Gasteiger partial charge in [-0.15, -0.1) is 0 Å². The second-order valence-electron chi connectivity index (χ2n) is 8.24. The normalized spacial score (nSPS) is 12.2. The Kier molecular flexibility index (Phi) is 7.75. The Morgan fingerprint density at radius 2 is 1.80 bits per heavy atom. The summed E-state index contributed by atoms with van der Waals surface area (Å²) in [6.07, 6.45) is 2.86. The van der Waals surface area contributed by atoms with Crippen molar-refractivity contribution in [3.8, 4) is 0 Å². The molecule has 0 spiro atoms. The molecule has 1 atom stereocenters. The van der Waals surface area contributed by atoms with E-state index in [9.17, 15) is 4.79 Å². The molecule has 158 valence electrons. The average molecular weight is 423 g/mol. The van der Waals surface area contributed by atoms with E-state index in [1.807, 2.05) is 47.4 Å². The Morgan fingerprint density at radius 1 is 1.03 bits per heavy atom. The molecule has 0 bridgehead atoms. The summed E-state index contributed by atoms with van der Waals surface area (Å²) in [5.74, 6) is 0.493. The number of hydrogen-bond acceptors (Lipinski definition) is 1. The Balaban J connectivity index is 1.82. The minimum Gasteiger partial charge on any atom is -0.345 e. The van der Waals surface area contributed by atoms with E-state index in [0.29, 0.717) is 12.5 Å². The first kappa shape index (κ1) is 22.2. The van der Waals surface area contributed by atoms with E-state index in [4.69, 9.17) is 11.6 Å². The second-order valence-corrected chi connectivity index (χ2v) is 8.68. The highest BCUT2D eigenvalue weighted by Crippen LogP contribution is 2.24. The number of benzene rings is 2. The van der Waals surface area contributed by atoms with Crippen molar-refractivity contribution in [2.45, 2.75) is 46.2 Å². The number of hydrogen-bond donors (Lipinski definition) is 0. The van der Waals surface area contributed by atoms with Gasteiger partial charge in [-0.05, 0) is 47.7 Å². The van der Waals surface area contributed by atoms with Crippen LogP contribution in [-0.2, 0) is 17.9 Å². The van der Waals surface area contributed by atoms with Gasteiger partial charge < -0.3 is 9.47 Å². The van der Waals surface area contributed by atoms with Crippen molar-refractivity contribution < 1.29 is 4.79 Å². The highest BCUT2D eigenvalue weighted by atomic mass is 35.5. The zero-order valence-electron chi connectivity index (χ0n) is 18.1. The average Bonchev–Trinajstić information content (AvgIpc) is 3.15. The molecule has 4 heteroatoms. The molecule has 0 saturated heterocycles. The molecule has 0 aliphatic heterocycles. The molecule has 1 aromatic heterocycles. The molecule has 0 saturated carbocycles. The fraction of sp³-hybridized carbons (Fsp3) is 0.346. The Labute approximate surface area is 185 Å². The van der Waals surface area contributed by atoms with Crippen molar-refractivity contribution in [1.29, 1.82) is 0 Å². The van der Waals surface area contributed by atoms with Crippen LogP contribution in [0.3, 0.4) is 0 Å². The van der Waals surface area contributed by atoms with Crippen molar-refractivity contribution in [3.63, 3.8) is 0 Å². The summed E-state index contributed by atoms with van der Waals surface area (Å²) >= 11 is 6.15. The van der Waals surface area contributed by atoms with Crippen molar-refractivity contribution in [2.75, 3.05) is 6.54 Å². The maximum absolute atomic E-state index is 13.6. The lowest BCUT2D eigenvalue weighted by atomic mass is 9.94. The van der Waals surface area contributed by atoms with Crippen molar-refractivity contribution in [3.05, 3.63) is 94.8 Å². The van der Waals surface area contributed by atoms with Crippen LogP contribution >= 0.6 is 11.6 Å². The largest absolute Gasteiger partial charge is 0.345 e. The fourth-order valence-corrected chi connectivity index (χ4v) is 4.12. The highest BCUT2D eigenvalue weighted by Gasteiger charge is 2.25. The third-order valence-corrected chi connectivity index (χ3v) is 5.56. The van der Waals surface area contributed by atoms with Crippen LogP contribution in [0.4, 0.5) is 0 Å². The van der Waals surface area contributed by atoms with Gasteiger partial charge in [0, 0.05) is 30.0 Å². The standard InChI is InChI=1S/C26H31ClN2O/c1-4-25(22-11-6-5-7-12-22)26(30)29(17-20(2)3)19-24-14-9-15-28(24)18-21-10-8-13-23(27)16-21/h5-16,20,25H,4,17-19H2,1-3H3. The van der Waals surface area contributed by atoms with Gasteiger partial charge in [0.2, 0.25) is 5.91 Å². The van der Waals surface area contributed by atoms with Crippen LogP contribution < -0.4 is 0 Å². The second kappa shape index (κ2) is 10.5. The molecule has 0 radical (unpaired) electrons. The molecule has 1 unspecified atom stereocenters. The zero-order chi connectivity index (χ0) is 21.5. The minimum atomic E-state index is -0.110. The van der Waals surface area contributed by atoms with Gasteiger partial charge in [-0.2, -0.15) is 0 Å². The summed E-state index contributed by atoms with van der Waals surface area (Å²) in [5.41, 5.74) is 3.37. The summed E-state index contributed by atoms with van der Waals surface area (Å²) < 4.78 is 2.20. The maximum atomic E-state index is 13.6. The molecule has 0 N–H and O–H groups in total. The third kappa shape index (κ3) is 5.76. The Bertz CT molecular complexity index is 948. The number of aromatic nitrogens is 1. The molecular weight excluding hydrogens is 392 g/mol. The predicted octanol–water partition coefficient (Wildman–Crippen LogP) is 6.37. The van der Waals surface area contributed by atoms with Gasteiger partial charge in [-0.1, -0.05) is 74.8 Å². The fourth-order valence-electron chi connectivity index (χ4n) is 3.91. The molecule has 2 aromatic carbocycles. The van der Waals surface area contributed by atoms with E-state index in [0.717, 1.165) is 41.4 Å². The summed E-state index contributed by atoms with van der Waals surface area (Å²) in [7, 11) is 0. The van der Waals surface area contributed by atoms with Crippen LogP contribution in [0.25, 0.3) is 0 Å². The van der Waals surface area contributed by atoms with E-state index in [1.54, 1.807) is 0 Å². The lowest BCUT2D eigenvalue weighted by Gasteiger charge is -2.29. The summed E-state index contributed by atoms with van der Waals surface area (Å²) in [4.78, 5) is 15.6. The number of carbonyl (C=O) groups excluding carboxylic acids is 1. The topological polar surface area (TPSA) is 25.2 Å². The molecule has 3 aromatic rings. The molecular formula is C26H31ClN2O. The minimum absolute atomic E-state index is 0.110. The van der Waals surface area contributed by atoms with Gasteiger partial charge in [0.05, 0.1) is 12.5 Å². The van der Waals surface area contributed by atoms with Crippen molar-refractivity contribution in [2.24, 2.45) is 5.92 Å². The smallest absolute Gasteiger partial charge is 0.230 e. The van der Waals surface area contributed by atoms with Gasteiger partial charge >= 0.3 is 0 Å². The number of carbonyl (C=O) groups is 1. The van der Waals surface area contributed by atoms with Crippen LogP contribution in [0.2, 0.25) is 5.02 Å². The number of nitrogens with zero attached hydrogens (tertiary/aromatic N) is 2. The van der Waals surface area contributed by atoms with Crippen LogP contribution in [0, 0.1) is 5.92 Å². The Hall–Kier alpha value is -2.52. The summed E-state index contributed by atoms with van der Waals surface area (Å²) in [6, 6.07) is 22.2. The van der Waals surface area contributed by atoms with E-state index in [1.165, 1.54) is 0 Å². The van der Waals surface area contributed by atoms with Crippen LogP contribution in [0.5, 0.6) is 0 Å². The van der Waals surface area contributed by atoms with Gasteiger partial charge in [0.15, 0.2) is 0 Å². The van der Waals surface area contributed by atoms with Gasteiger partial charge in [0.1, 0.15) is 0 Å². The van der Waals surface area contributed by atoms with Crippen LogP contribution in [0.15, 0.2) is 72.9 Å².